The maximum absolute atomic E-state index is 11.6. The summed E-state index contributed by atoms with van der Waals surface area (Å²) in [6, 6.07) is 7.02. The Labute approximate surface area is 90.0 Å². The van der Waals surface area contributed by atoms with E-state index in [2.05, 4.69) is 5.43 Å². The van der Waals surface area contributed by atoms with E-state index in [1.807, 2.05) is 31.2 Å². The lowest BCUT2D eigenvalue weighted by Crippen LogP contribution is -2.41. The summed E-state index contributed by atoms with van der Waals surface area (Å²) in [6.45, 7) is 1.97. The van der Waals surface area contributed by atoms with Gasteiger partial charge in [0.1, 0.15) is 6.04 Å². The van der Waals surface area contributed by atoms with Gasteiger partial charge in [-0.25, -0.2) is 5.01 Å². The van der Waals surface area contributed by atoms with Crippen LogP contribution in [0.25, 0.3) is 0 Å². The van der Waals surface area contributed by atoms with Crippen LogP contribution in [0.15, 0.2) is 24.3 Å². The first-order chi connectivity index (χ1) is 7.00. The molecule has 0 aliphatic rings. The number of nitrogens with one attached hydrogen (secondary N) is 1. The molecule has 0 saturated heterocycles. The average molecular weight is 207 g/mol. The molecular formula is C11H17N3O. The van der Waals surface area contributed by atoms with Gasteiger partial charge in [-0.15, -0.1) is 0 Å². The molecule has 4 heteroatoms. The molecular weight excluding hydrogens is 190 g/mol. The molecule has 1 rings (SSSR count). The van der Waals surface area contributed by atoms with Crippen LogP contribution < -0.4 is 11.2 Å². The largest absolute Gasteiger partial charge is 0.316 e. The first kappa shape index (κ1) is 11.7. The van der Waals surface area contributed by atoms with Crippen LogP contribution in [-0.2, 0) is 4.79 Å². The summed E-state index contributed by atoms with van der Waals surface area (Å²) in [5.41, 5.74) is 10.4. The molecule has 0 spiro atoms. The van der Waals surface area contributed by atoms with E-state index < -0.39 is 6.04 Å². The van der Waals surface area contributed by atoms with Gasteiger partial charge in [0.05, 0.1) is 0 Å². The molecule has 1 atom stereocenters. The fraction of sp³-hybridized carbons (Fsp3) is 0.364. The lowest BCUT2D eigenvalue weighted by Gasteiger charge is -2.16. The molecule has 3 N–H and O–H groups in total. The highest BCUT2D eigenvalue weighted by atomic mass is 16.2. The molecule has 0 saturated carbocycles. The summed E-state index contributed by atoms with van der Waals surface area (Å²) < 4.78 is 0. The van der Waals surface area contributed by atoms with Crippen molar-refractivity contribution in [3.8, 4) is 0 Å². The Bertz CT molecular complexity index is 349. The van der Waals surface area contributed by atoms with E-state index >= 15 is 0 Å². The van der Waals surface area contributed by atoms with Crippen molar-refractivity contribution in [2.75, 3.05) is 14.1 Å². The van der Waals surface area contributed by atoms with Gasteiger partial charge in [-0.3, -0.25) is 10.2 Å². The van der Waals surface area contributed by atoms with Gasteiger partial charge in [0.2, 0.25) is 0 Å². The van der Waals surface area contributed by atoms with Crippen LogP contribution in [0.1, 0.15) is 17.2 Å². The van der Waals surface area contributed by atoms with E-state index in [0.717, 1.165) is 11.1 Å². The Morgan fingerprint density at radius 1 is 1.47 bits per heavy atom. The van der Waals surface area contributed by atoms with Gasteiger partial charge in [-0.05, 0) is 12.5 Å². The number of hydrogen-bond donors (Lipinski definition) is 2. The maximum Gasteiger partial charge on any atom is 0.255 e. The zero-order chi connectivity index (χ0) is 11.4. The number of hydrogen-bond acceptors (Lipinski definition) is 3. The second-order valence-corrected chi connectivity index (χ2v) is 3.76. The minimum atomic E-state index is -0.618. The monoisotopic (exact) mass is 207 g/mol. The fourth-order valence-electron chi connectivity index (χ4n) is 1.30. The SMILES string of the molecule is Cc1cccc(C(N)C(=O)NN(C)C)c1. The number of carbonyl (C=O) groups is 1. The molecule has 0 aliphatic carbocycles. The Hall–Kier alpha value is -1.39. The van der Waals surface area contributed by atoms with Crippen molar-refractivity contribution in [2.45, 2.75) is 13.0 Å². The predicted octanol–water partition coefficient (Wildman–Crippen LogP) is 0.588. The van der Waals surface area contributed by atoms with Crippen LogP contribution in [0.5, 0.6) is 0 Å². The zero-order valence-corrected chi connectivity index (χ0v) is 9.32. The first-order valence-corrected chi connectivity index (χ1v) is 4.80. The van der Waals surface area contributed by atoms with Crippen molar-refractivity contribution in [3.05, 3.63) is 35.4 Å². The van der Waals surface area contributed by atoms with E-state index in [9.17, 15) is 4.79 Å². The van der Waals surface area contributed by atoms with Gasteiger partial charge in [0.25, 0.3) is 5.91 Å². The second kappa shape index (κ2) is 4.91. The van der Waals surface area contributed by atoms with Crippen LogP contribution in [0, 0.1) is 6.92 Å². The van der Waals surface area contributed by atoms with Crippen molar-refractivity contribution in [2.24, 2.45) is 5.73 Å². The summed E-state index contributed by atoms with van der Waals surface area (Å²) in [5.74, 6) is -0.203. The summed E-state index contributed by atoms with van der Waals surface area (Å²) in [4.78, 5) is 11.6. The Balaban J connectivity index is 2.76. The molecule has 0 radical (unpaired) electrons. The molecule has 15 heavy (non-hydrogen) atoms. The third-order valence-corrected chi connectivity index (χ3v) is 2.02. The number of nitrogens with zero attached hydrogens (tertiary/aromatic N) is 1. The molecule has 0 bridgehead atoms. The normalized spacial score (nSPS) is 12.6. The lowest BCUT2D eigenvalue weighted by molar-refractivity contribution is -0.126. The molecule has 0 aromatic heterocycles. The third kappa shape index (κ3) is 3.34. The van der Waals surface area contributed by atoms with Gasteiger partial charge in [0, 0.05) is 14.1 Å². The minimum absolute atomic E-state index is 0.203. The topological polar surface area (TPSA) is 58.4 Å². The number of hydrazine groups is 1. The summed E-state index contributed by atoms with van der Waals surface area (Å²) >= 11 is 0. The van der Waals surface area contributed by atoms with Crippen molar-refractivity contribution < 1.29 is 4.79 Å². The van der Waals surface area contributed by atoms with E-state index in [1.165, 1.54) is 0 Å². The molecule has 82 valence electrons. The molecule has 0 aliphatic heterocycles. The fourth-order valence-corrected chi connectivity index (χ4v) is 1.30. The number of aryl methyl sites for hydroxylation is 1. The number of rotatable bonds is 3. The summed E-state index contributed by atoms with van der Waals surface area (Å²) in [6.07, 6.45) is 0. The molecule has 4 nitrogen and oxygen atoms in total. The van der Waals surface area contributed by atoms with E-state index in [1.54, 1.807) is 19.1 Å². The highest BCUT2D eigenvalue weighted by Crippen LogP contribution is 2.11. The van der Waals surface area contributed by atoms with Crippen LogP contribution >= 0.6 is 0 Å². The molecule has 1 aromatic rings. The van der Waals surface area contributed by atoms with Gasteiger partial charge in [0.15, 0.2) is 0 Å². The molecule has 0 fully saturated rings. The van der Waals surface area contributed by atoms with E-state index in [4.69, 9.17) is 5.73 Å². The van der Waals surface area contributed by atoms with Gasteiger partial charge < -0.3 is 5.73 Å². The number of benzene rings is 1. The van der Waals surface area contributed by atoms with E-state index in [0.29, 0.717) is 0 Å². The highest BCUT2D eigenvalue weighted by molar-refractivity contribution is 5.82. The Kier molecular flexibility index (Phi) is 3.82. The average Bonchev–Trinajstić information content (AvgIpc) is 2.15. The van der Waals surface area contributed by atoms with Crippen molar-refractivity contribution >= 4 is 5.91 Å². The van der Waals surface area contributed by atoms with Crippen LogP contribution in [-0.4, -0.2) is 25.0 Å². The van der Waals surface area contributed by atoms with Gasteiger partial charge >= 0.3 is 0 Å². The lowest BCUT2D eigenvalue weighted by atomic mass is 10.1. The minimum Gasteiger partial charge on any atom is -0.316 e. The van der Waals surface area contributed by atoms with Crippen molar-refractivity contribution in [1.29, 1.82) is 0 Å². The van der Waals surface area contributed by atoms with Crippen LogP contribution in [0.2, 0.25) is 0 Å². The standard InChI is InChI=1S/C11H17N3O/c1-8-5-4-6-9(7-8)10(12)11(15)13-14(2)3/h4-7,10H,12H2,1-3H3,(H,13,15). The number of nitrogens with two attached hydrogens (primary N) is 1. The highest BCUT2D eigenvalue weighted by Gasteiger charge is 2.15. The smallest absolute Gasteiger partial charge is 0.255 e. The quantitative estimate of drug-likeness (QED) is 0.713. The number of carbonyl (C=O) groups excluding carboxylic acids is 1. The first-order valence-electron chi connectivity index (χ1n) is 4.80. The van der Waals surface area contributed by atoms with Crippen LogP contribution in [0.3, 0.4) is 0 Å². The van der Waals surface area contributed by atoms with Crippen molar-refractivity contribution in [3.63, 3.8) is 0 Å². The molecule has 1 amide bonds. The number of amides is 1. The van der Waals surface area contributed by atoms with Crippen LogP contribution in [0.4, 0.5) is 0 Å². The molecule has 1 aromatic carbocycles. The van der Waals surface area contributed by atoms with E-state index in [-0.39, 0.29) is 5.91 Å². The van der Waals surface area contributed by atoms with Gasteiger partial charge in [-0.2, -0.15) is 0 Å². The molecule has 1 unspecified atom stereocenters. The Morgan fingerprint density at radius 2 is 2.13 bits per heavy atom. The third-order valence-electron chi connectivity index (χ3n) is 2.02. The van der Waals surface area contributed by atoms with Crippen molar-refractivity contribution in [1.82, 2.24) is 10.4 Å². The molecule has 0 heterocycles. The summed E-state index contributed by atoms with van der Waals surface area (Å²) in [5, 5.41) is 1.58. The summed E-state index contributed by atoms with van der Waals surface area (Å²) in [7, 11) is 3.50. The predicted molar refractivity (Wildman–Crippen MR) is 59.9 cm³/mol. The Morgan fingerprint density at radius 3 is 2.67 bits per heavy atom. The maximum atomic E-state index is 11.6. The van der Waals surface area contributed by atoms with Gasteiger partial charge in [-0.1, -0.05) is 29.8 Å². The second-order valence-electron chi connectivity index (χ2n) is 3.76. The zero-order valence-electron chi connectivity index (χ0n) is 9.32.